The standard InChI is InChI=1S/C12H16N2O6S/c1-8(2)10(15)7-13-21(18,19)12-6-9(14(16)17)4-5-11(12)20-3/h4-6,8,13H,7H2,1-3H3. The minimum absolute atomic E-state index is 0.0369. The molecular formula is C12H16N2O6S. The number of ketones is 1. The first-order valence-electron chi connectivity index (χ1n) is 6.04. The van der Waals surface area contributed by atoms with Crippen molar-refractivity contribution in [1.82, 2.24) is 4.72 Å². The third-order valence-electron chi connectivity index (χ3n) is 2.73. The molecule has 0 radical (unpaired) electrons. The molecule has 0 heterocycles. The molecule has 0 saturated carbocycles. The molecule has 0 fully saturated rings. The predicted octanol–water partition coefficient (Wildman–Crippen LogP) is 1.11. The molecule has 0 amide bonds. The lowest BCUT2D eigenvalue weighted by atomic mass is 10.1. The number of nitro groups is 1. The van der Waals surface area contributed by atoms with Crippen LogP contribution in [0.1, 0.15) is 13.8 Å². The molecule has 21 heavy (non-hydrogen) atoms. The van der Waals surface area contributed by atoms with Crippen LogP contribution < -0.4 is 9.46 Å². The molecule has 0 aliphatic heterocycles. The van der Waals surface area contributed by atoms with Gasteiger partial charge in [0.25, 0.3) is 5.69 Å². The van der Waals surface area contributed by atoms with Crippen LogP contribution in [0.25, 0.3) is 0 Å². The van der Waals surface area contributed by atoms with E-state index in [9.17, 15) is 23.3 Å². The van der Waals surface area contributed by atoms with E-state index in [1.807, 2.05) is 0 Å². The van der Waals surface area contributed by atoms with Gasteiger partial charge in [-0.05, 0) is 6.07 Å². The van der Waals surface area contributed by atoms with Crippen LogP contribution in [0.3, 0.4) is 0 Å². The Morgan fingerprint density at radius 2 is 2.05 bits per heavy atom. The number of methoxy groups -OCH3 is 1. The highest BCUT2D eigenvalue weighted by Crippen LogP contribution is 2.27. The average molecular weight is 316 g/mol. The van der Waals surface area contributed by atoms with Crippen molar-refractivity contribution in [3.8, 4) is 5.75 Å². The molecule has 0 unspecified atom stereocenters. The highest BCUT2D eigenvalue weighted by Gasteiger charge is 2.24. The van der Waals surface area contributed by atoms with Gasteiger partial charge in [0.15, 0.2) is 0 Å². The van der Waals surface area contributed by atoms with E-state index in [0.29, 0.717) is 0 Å². The van der Waals surface area contributed by atoms with E-state index in [1.54, 1.807) is 13.8 Å². The summed E-state index contributed by atoms with van der Waals surface area (Å²) in [5.41, 5.74) is -0.383. The van der Waals surface area contributed by atoms with E-state index in [0.717, 1.165) is 12.1 Å². The van der Waals surface area contributed by atoms with Gasteiger partial charge in [-0.25, -0.2) is 13.1 Å². The summed E-state index contributed by atoms with van der Waals surface area (Å²) in [4.78, 5) is 21.1. The van der Waals surface area contributed by atoms with Crippen LogP contribution in [0.2, 0.25) is 0 Å². The van der Waals surface area contributed by atoms with E-state index < -0.39 is 14.9 Å². The molecule has 0 atom stereocenters. The van der Waals surface area contributed by atoms with E-state index >= 15 is 0 Å². The number of ether oxygens (including phenoxy) is 1. The van der Waals surface area contributed by atoms with Crippen molar-refractivity contribution in [3.05, 3.63) is 28.3 Å². The molecule has 1 aromatic carbocycles. The van der Waals surface area contributed by atoms with Gasteiger partial charge in [-0.2, -0.15) is 0 Å². The summed E-state index contributed by atoms with van der Waals surface area (Å²) in [6.07, 6.45) is 0. The number of benzene rings is 1. The van der Waals surface area contributed by atoms with Crippen LogP contribution >= 0.6 is 0 Å². The molecule has 0 aliphatic carbocycles. The summed E-state index contributed by atoms with van der Waals surface area (Å²) in [6.45, 7) is 2.90. The Kier molecular flexibility index (Phi) is 5.39. The Hall–Kier alpha value is -2.00. The Morgan fingerprint density at radius 3 is 2.52 bits per heavy atom. The van der Waals surface area contributed by atoms with Gasteiger partial charge in [0.05, 0.1) is 18.6 Å². The van der Waals surface area contributed by atoms with E-state index in [4.69, 9.17) is 4.74 Å². The van der Waals surface area contributed by atoms with Gasteiger partial charge < -0.3 is 4.74 Å². The number of nitro benzene ring substituents is 1. The van der Waals surface area contributed by atoms with Gasteiger partial charge in [-0.15, -0.1) is 0 Å². The zero-order chi connectivity index (χ0) is 16.2. The summed E-state index contributed by atoms with van der Waals surface area (Å²) in [5.74, 6) is -0.646. The average Bonchev–Trinajstić information content (AvgIpc) is 2.43. The monoisotopic (exact) mass is 316 g/mol. The fourth-order valence-electron chi connectivity index (χ4n) is 1.44. The van der Waals surface area contributed by atoms with Crippen LogP contribution in [0, 0.1) is 16.0 Å². The summed E-state index contributed by atoms with van der Waals surface area (Å²) < 4.78 is 31.3. The third-order valence-corrected chi connectivity index (χ3v) is 4.15. The number of rotatable bonds is 7. The van der Waals surface area contributed by atoms with Gasteiger partial charge in [0.2, 0.25) is 10.0 Å². The highest BCUT2D eigenvalue weighted by atomic mass is 32.2. The van der Waals surface area contributed by atoms with Crippen LogP contribution in [-0.2, 0) is 14.8 Å². The number of nitrogens with zero attached hydrogens (tertiary/aromatic N) is 1. The Labute approximate surface area is 122 Å². The molecule has 1 N–H and O–H groups in total. The maximum absolute atomic E-state index is 12.1. The number of nitrogens with one attached hydrogen (secondary N) is 1. The van der Waals surface area contributed by atoms with Gasteiger partial charge in [0, 0.05) is 18.1 Å². The van der Waals surface area contributed by atoms with Gasteiger partial charge in [-0.3, -0.25) is 14.9 Å². The van der Waals surface area contributed by atoms with Crippen LogP contribution in [0.15, 0.2) is 23.1 Å². The number of hydrogen-bond acceptors (Lipinski definition) is 6. The molecule has 1 rings (SSSR count). The summed E-state index contributed by atoms with van der Waals surface area (Å²) in [5, 5.41) is 10.7. The maximum Gasteiger partial charge on any atom is 0.271 e. The lowest BCUT2D eigenvalue weighted by molar-refractivity contribution is -0.385. The minimum atomic E-state index is -4.09. The number of carbonyl (C=O) groups excluding carboxylic acids is 1. The quantitative estimate of drug-likeness (QED) is 0.595. The molecule has 0 saturated heterocycles. The SMILES string of the molecule is COc1ccc([N+](=O)[O-])cc1S(=O)(=O)NCC(=O)C(C)C. The molecule has 116 valence electrons. The first-order valence-corrected chi connectivity index (χ1v) is 7.52. The van der Waals surface area contributed by atoms with Crippen LogP contribution in [-0.4, -0.2) is 32.8 Å². The summed E-state index contributed by atoms with van der Waals surface area (Å²) >= 11 is 0. The van der Waals surface area contributed by atoms with Crippen molar-refractivity contribution in [3.63, 3.8) is 0 Å². The zero-order valence-electron chi connectivity index (χ0n) is 11.8. The van der Waals surface area contributed by atoms with E-state index in [-0.39, 0.29) is 34.6 Å². The Morgan fingerprint density at radius 1 is 1.43 bits per heavy atom. The van der Waals surface area contributed by atoms with Gasteiger partial charge in [0.1, 0.15) is 16.4 Å². The maximum atomic E-state index is 12.1. The van der Waals surface area contributed by atoms with E-state index in [2.05, 4.69) is 4.72 Å². The first kappa shape index (κ1) is 17.1. The molecule has 0 spiro atoms. The minimum Gasteiger partial charge on any atom is -0.495 e. The van der Waals surface area contributed by atoms with Gasteiger partial charge >= 0.3 is 0 Å². The molecule has 0 bridgehead atoms. The smallest absolute Gasteiger partial charge is 0.271 e. The largest absolute Gasteiger partial charge is 0.495 e. The fourth-order valence-corrected chi connectivity index (χ4v) is 2.62. The van der Waals surface area contributed by atoms with Crippen molar-refractivity contribution in [2.24, 2.45) is 5.92 Å². The molecule has 1 aromatic rings. The van der Waals surface area contributed by atoms with Crippen molar-refractivity contribution < 1.29 is 22.9 Å². The predicted molar refractivity (Wildman–Crippen MR) is 74.7 cm³/mol. The fraction of sp³-hybridized carbons (Fsp3) is 0.417. The second kappa shape index (κ2) is 6.64. The van der Waals surface area contributed by atoms with Crippen molar-refractivity contribution in [2.45, 2.75) is 18.7 Å². The van der Waals surface area contributed by atoms with E-state index in [1.165, 1.54) is 13.2 Å². The number of sulfonamides is 1. The molecule has 0 aliphatic rings. The van der Waals surface area contributed by atoms with Crippen molar-refractivity contribution in [2.75, 3.05) is 13.7 Å². The Bertz CT molecular complexity index is 654. The van der Waals surface area contributed by atoms with Gasteiger partial charge in [-0.1, -0.05) is 13.8 Å². The summed E-state index contributed by atoms with van der Waals surface area (Å²) in [6, 6.07) is 3.22. The second-order valence-corrected chi connectivity index (χ2v) is 6.27. The molecular weight excluding hydrogens is 300 g/mol. The van der Waals surface area contributed by atoms with Crippen molar-refractivity contribution >= 4 is 21.5 Å². The van der Waals surface area contributed by atoms with Crippen molar-refractivity contribution in [1.29, 1.82) is 0 Å². The lowest BCUT2D eigenvalue weighted by Crippen LogP contribution is -2.31. The lowest BCUT2D eigenvalue weighted by Gasteiger charge is -2.11. The number of carbonyl (C=O) groups is 1. The first-order chi connectivity index (χ1) is 9.69. The number of hydrogen-bond donors (Lipinski definition) is 1. The topological polar surface area (TPSA) is 116 Å². The number of non-ortho nitro benzene ring substituents is 1. The number of Topliss-reactive ketones (excluding diaryl/α,β-unsaturated/α-hetero) is 1. The Balaban J connectivity index is 3.14. The van der Waals surface area contributed by atoms with Crippen LogP contribution in [0.5, 0.6) is 5.75 Å². The second-order valence-electron chi connectivity index (χ2n) is 4.54. The molecule has 8 nitrogen and oxygen atoms in total. The summed E-state index contributed by atoms with van der Waals surface area (Å²) in [7, 11) is -2.84. The third kappa shape index (κ3) is 4.23. The van der Waals surface area contributed by atoms with Crippen LogP contribution in [0.4, 0.5) is 5.69 Å². The molecule has 9 heteroatoms. The normalized spacial score (nSPS) is 11.4. The molecule has 0 aromatic heterocycles. The zero-order valence-corrected chi connectivity index (χ0v) is 12.6. The highest BCUT2D eigenvalue weighted by molar-refractivity contribution is 7.89.